The molecule has 0 saturated carbocycles. The predicted molar refractivity (Wildman–Crippen MR) is 121 cm³/mol. The zero-order valence-electron chi connectivity index (χ0n) is 18.7. The molecule has 0 aromatic carbocycles. The number of aliphatic hydroxyl groups excluding tert-OH is 3. The molecule has 168 valence electrons. The van der Waals surface area contributed by atoms with Crippen molar-refractivity contribution in [2.24, 2.45) is 0 Å². The van der Waals surface area contributed by atoms with Crippen LogP contribution in [0.2, 0.25) is 0 Å². The number of cyclic esters (lactones) is 1. The maximum atomic E-state index is 11.3. The number of ether oxygens (including phenoxy) is 1. The van der Waals surface area contributed by atoms with Crippen LogP contribution >= 0.6 is 0 Å². The highest BCUT2D eigenvalue weighted by Gasteiger charge is 2.24. The van der Waals surface area contributed by atoms with Crippen molar-refractivity contribution in [3.8, 4) is 0 Å². The second-order valence-electron chi connectivity index (χ2n) is 8.14. The van der Waals surface area contributed by atoms with Crippen LogP contribution < -0.4 is 0 Å². The van der Waals surface area contributed by atoms with Crippen LogP contribution in [0.3, 0.4) is 0 Å². The van der Waals surface area contributed by atoms with Gasteiger partial charge in [0.25, 0.3) is 0 Å². The topological polar surface area (TPSA) is 87.0 Å². The minimum Gasteiger partial charge on any atom is -0.454 e. The largest absolute Gasteiger partial charge is 0.454 e. The molecular formula is C25H38O5. The number of allylic oxidation sites excluding steroid dienone is 4. The summed E-state index contributed by atoms with van der Waals surface area (Å²) >= 11 is 0. The van der Waals surface area contributed by atoms with Gasteiger partial charge in [0.15, 0.2) is 0 Å². The van der Waals surface area contributed by atoms with Crippen molar-refractivity contribution < 1.29 is 24.9 Å². The van der Waals surface area contributed by atoms with Gasteiger partial charge in [-0.2, -0.15) is 0 Å². The Kier molecular flexibility index (Phi) is 12.3. The van der Waals surface area contributed by atoms with Crippen LogP contribution in [0.4, 0.5) is 0 Å². The molecule has 0 aromatic heterocycles. The molecule has 3 N–H and O–H groups in total. The van der Waals surface area contributed by atoms with Crippen LogP contribution in [0.25, 0.3) is 0 Å². The van der Waals surface area contributed by atoms with E-state index in [-0.39, 0.29) is 13.2 Å². The molecule has 0 fully saturated rings. The van der Waals surface area contributed by atoms with Crippen LogP contribution in [-0.4, -0.2) is 46.7 Å². The molecule has 0 saturated heterocycles. The monoisotopic (exact) mass is 418 g/mol. The van der Waals surface area contributed by atoms with Crippen LogP contribution in [0.1, 0.15) is 65.7 Å². The number of aliphatic hydroxyl groups is 3. The summed E-state index contributed by atoms with van der Waals surface area (Å²) < 4.78 is 5.15. The Morgan fingerprint density at radius 3 is 2.33 bits per heavy atom. The molecule has 0 unspecified atom stereocenters. The zero-order chi connectivity index (χ0) is 22.5. The molecule has 1 aliphatic rings. The first kappa shape index (κ1) is 26.1. The Hall–Kier alpha value is -1.95. The third-order valence-corrected chi connectivity index (χ3v) is 5.35. The van der Waals surface area contributed by atoms with Gasteiger partial charge < -0.3 is 20.1 Å². The summed E-state index contributed by atoms with van der Waals surface area (Å²) in [4.78, 5) is 11.3. The lowest BCUT2D eigenvalue weighted by atomic mass is 10.0. The number of hydrogen-bond donors (Lipinski definition) is 3. The van der Waals surface area contributed by atoms with E-state index >= 15 is 0 Å². The van der Waals surface area contributed by atoms with Gasteiger partial charge in [-0.15, -0.1) is 0 Å². The summed E-state index contributed by atoms with van der Waals surface area (Å²) in [6.07, 6.45) is 12.5. The van der Waals surface area contributed by atoms with E-state index in [4.69, 9.17) is 4.74 Å². The Morgan fingerprint density at radius 2 is 1.73 bits per heavy atom. The smallest absolute Gasteiger partial charge is 0.331 e. The number of carbonyl (C=O) groups is 1. The molecule has 0 aromatic rings. The fourth-order valence-electron chi connectivity index (χ4n) is 3.23. The van der Waals surface area contributed by atoms with Crippen LogP contribution in [0, 0.1) is 0 Å². The first-order valence-corrected chi connectivity index (χ1v) is 10.7. The molecule has 5 heteroatoms. The molecule has 30 heavy (non-hydrogen) atoms. The highest BCUT2D eigenvalue weighted by Crippen LogP contribution is 2.20. The van der Waals surface area contributed by atoms with Crippen molar-refractivity contribution >= 4 is 5.97 Å². The maximum absolute atomic E-state index is 11.3. The summed E-state index contributed by atoms with van der Waals surface area (Å²) in [6.45, 7) is 9.63. The Balaban J connectivity index is 2.36. The lowest BCUT2D eigenvalue weighted by Gasteiger charge is -2.11. The fourth-order valence-corrected chi connectivity index (χ4v) is 3.23. The number of rotatable bonds is 14. The van der Waals surface area contributed by atoms with Gasteiger partial charge in [0.05, 0.1) is 19.3 Å². The molecule has 0 spiro atoms. The molecule has 5 nitrogen and oxygen atoms in total. The summed E-state index contributed by atoms with van der Waals surface area (Å²) in [5.41, 5.74) is 4.91. The average molecular weight is 419 g/mol. The summed E-state index contributed by atoms with van der Waals surface area (Å²) in [5, 5.41) is 28.6. The van der Waals surface area contributed by atoms with Crippen LogP contribution in [0.15, 0.2) is 58.7 Å². The molecule has 1 aliphatic heterocycles. The highest BCUT2D eigenvalue weighted by atomic mass is 16.5. The van der Waals surface area contributed by atoms with E-state index in [9.17, 15) is 20.1 Å². The standard InChI is InChI=1S/C25H38O5/c1-18(2)23(28)13-11-20(4)8-5-7-19(3)9-6-10-21(16-26)12-14-24-22(17-27)15-25(29)30-24/h8-9,12,15,23-24,26-28H,1,5-7,10-11,13-14,16-17H2,2-4H3/b19-9+,20-8+,21-12-/t23-,24-/m1/s1. The third-order valence-electron chi connectivity index (χ3n) is 5.35. The van der Waals surface area contributed by atoms with E-state index in [1.54, 1.807) is 0 Å². The van der Waals surface area contributed by atoms with Gasteiger partial charge in [0, 0.05) is 18.1 Å². The number of hydrogen-bond acceptors (Lipinski definition) is 5. The van der Waals surface area contributed by atoms with Crippen molar-refractivity contribution in [3.05, 3.63) is 58.7 Å². The summed E-state index contributed by atoms with van der Waals surface area (Å²) in [5.74, 6) is -0.419. The highest BCUT2D eigenvalue weighted by molar-refractivity contribution is 5.85. The Labute approximate surface area is 181 Å². The number of esters is 1. The molecule has 2 atom stereocenters. The van der Waals surface area contributed by atoms with E-state index in [0.717, 1.165) is 49.7 Å². The van der Waals surface area contributed by atoms with Gasteiger partial charge >= 0.3 is 5.97 Å². The number of carbonyl (C=O) groups excluding carboxylic acids is 1. The lowest BCUT2D eigenvalue weighted by Crippen LogP contribution is -2.13. The molecule has 1 heterocycles. The van der Waals surface area contributed by atoms with Gasteiger partial charge in [0.2, 0.25) is 0 Å². The predicted octanol–water partition coefficient (Wildman–Crippen LogP) is 4.31. The van der Waals surface area contributed by atoms with E-state index in [0.29, 0.717) is 12.0 Å². The molecule has 0 radical (unpaired) electrons. The SMILES string of the molecule is C=C(C)[C@H](O)CC/C(C)=C/CC/C(C)=C/CC/C(=C/C[C@H]1OC(=O)C=C1CO)CO. The first-order valence-electron chi connectivity index (χ1n) is 10.7. The summed E-state index contributed by atoms with van der Waals surface area (Å²) in [6, 6.07) is 0. The average Bonchev–Trinajstić information content (AvgIpc) is 3.08. The second-order valence-corrected chi connectivity index (χ2v) is 8.14. The quantitative estimate of drug-likeness (QED) is 0.289. The van der Waals surface area contributed by atoms with Gasteiger partial charge in [-0.3, -0.25) is 0 Å². The summed E-state index contributed by atoms with van der Waals surface area (Å²) in [7, 11) is 0. The molecule has 0 amide bonds. The van der Waals surface area contributed by atoms with E-state index < -0.39 is 18.2 Å². The second kappa shape index (κ2) is 14.1. The van der Waals surface area contributed by atoms with Crippen molar-refractivity contribution in [2.45, 2.75) is 77.9 Å². The van der Waals surface area contributed by atoms with Gasteiger partial charge in [0.1, 0.15) is 6.10 Å². The van der Waals surface area contributed by atoms with Crippen molar-refractivity contribution in [2.75, 3.05) is 13.2 Å². The normalized spacial score (nSPS) is 19.0. The van der Waals surface area contributed by atoms with Crippen molar-refractivity contribution in [3.63, 3.8) is 0 Å². The Morgan fingerprint density at radius 1 is 1.10 bits per heavy atom. The maximum Gasteiger partial charge on any atom is 0.331 e. The Bertz CT molecular complexity index is 696. The zero-order valence-corrected chi connectivity index (χ0v) is 18.7. The first-order chi connectivity index (χ1) is 14.3. The minimum absolute atomic E-state index is 0.0241. The third kappa shape index (κ3) is 10.2. The lowest BCUT2D eigenvalue weighted by molar-refractivity contribution is -0.138. The molecule has 0 bridgehead atoms. The van der Waals surface area contributed by atoms with E-state index in [1.165, 1.54) is 17.2 Å². The van der Waals surface area contributed by atoms with Gasteiger partial charge in [-0.05, 0) is 64.9 Å². The molecular weight excluding hydrogens is 380 g/mol. The van der Waals surface area contributed by atoms with Crippen molar-refractivity contribution in [1.29, 1.82) is 0 Å². The fraction of sp³-hybridized carbons (Fsp3) is 0.560. The van der Waals surface area contributed by atoms with E-state index in [1.807, 2.05) is 13.0 Å². The van der Waals surface area contributed by atoms with Crippen LogP contribution in [0.5, 0.6) is 0 Å². The van der Waals surface area contributed by atoms with E-state index in [2.05, 4.69) is 32.6 Å². The molecule has 0 aliphatic carbocycles. The van der Waals surface area contributed by atoms with Gasteiger partial charge in [-0.25, -0.2) is 4.79 Å². The van der Waals surface area contributed by atoms with Gasteiger partial charge in [-0.1, -0.05) is 41.5 Å². The molecule has 1 rings (SSSR count). The minimum atomic E-state index is -0.423. The van der Waals surface area contributed by atoms with Crippen LogP contribution in [-0.2, 0) is 9.53 Å². The van der Waals surface area contributed by atoms with Crippen molar-refractivity contribution in [1.82, 2.24) is 0 Å².